The highest BCUT2D eigenvalue weighted by Gasteiger charge is 2.22. The van der Waals surface area contributed by atoms with Crippen LogP contribution in [0.4, 0.5) is 5.82 Å². The number of hydrogen-bond acceptors (Lipinski definition) is 5. The summed E-state index contributed by atoms with van der Waals surface area (Å²) in [6.07, 6.45) is 2.08. The number of ether oxygens (including phenoxy) is 1. The molecule has 17 heavy (non-hydrogen) atoms. The number of aromatic nitrogens is 2. The van der Waals surface area contributed by atoms with Gasteiger partial charge < -0.3 is 15.4 Å². The Morgan fingerprint density at radius 2 is 2.35 bits per heavy atom. The minimum absolute atomic E-state index is 0.218. The number of aryl methyl sites for hydroxylation is 1. The zero-order valence-corrected chi connectivity index (χ0v) is 10.3. The molecule has 5 heteroatoms. The van der Waals surface area contributed by atoms with Gasteiger partial charge in [-0.25, -0.2) is 0 Å². The Kier molecular flexibility index (Phi) is 4.28. The van der Waals surface area contributed by atoms with Gasteiger partial charge in [-0.15, -0.1) is 5.10 Å². The van der Waals surface area contributed by atoms with Gasteiger partial charge in [0, 0.05) is 13.1 Å². The van der Waals surface area contributed by atoms with Crippen molar-refractivity contribution < 1.29 is 4.74 Å². The summed E-state index contributed by atoms with van der Waals surface area (Å²) in [4.78, 5) is 2.19. The molecule has 0 aromatic carbocycles. The molecular formula is C12H20N4O. The predicted molar refractivity (Wildman–Crippen MR) is 67.0 cm³/mol. The SMILES string of the molecule is CCCc1ccc(N2CCOCC2CN)nn1. The predicted octanol–water partition coefficient (Wildman–Crippen LogP) is 0.593. The molecule has 1 aromatic heterocycles. The van der Waals surface area contributed by atoms with E-state index in [1.54, 1.807) is 0 Å². The van der Waals surface area contributed by atoms with Crippen molar-refractivity contribution >= 4 is 5.82 Å². The van der Waals surface area contributed by atoms with Crippen LogP contribution in [0.15, 0.2) is 12.1 Å². The second-order valence-electron chi connectivity index (χ2n) is 4.29. The van der Waals surface area contributed by atoms with Crippen LogP contribution in [0.5, 0.6) is 0 Å². The fraction of sp³-hybridized carbons (Fsp3) is 0.667. The van der Waals surface area contributed by atoms with Gasteiger partial charge in [-0.3, -0.25) is 0 Å². The Morgan fingerprint density at radius 3 is 3.00 bits per heavy atom. The van der Waals surface area contributed by atoms with Crippen LogP contribution < -0.4 is 10.6 Å². The smallest absolute Gasteiger partial charge is 0.151 e. The summed E-state index contributed by atoms with van der Waals surface area (Å²) in [6.45, 7) is 4.97. The third-order valence-corrected chi connectivity index (χ3v) is 3.01. The van der Waals surface area contributed by atoms with Gasteiger partial charge in [0.2, 0.25) is 0 Å². The quantitative estimate of drug-likeness (QED) is 0.829. The minimum atomic E-state index is 0.218. The molecule has 2 rings (SSSR count). The lowest BCUT2D eigenvalue weighted by Crippen LogP contribution is -2.49. The molecule has 1 saturated heterocycles. The Hall–Kier alpha value is -1.20. The Labute approximate surface area is 102 Å². The maximum Gasteiger partial charge on any atom is 0.151 e. The molecule has 0 aliphatic carbocycles. The average molecular weight is 236 g/mol. The maximum absolute atomic E-state index is 5.74. The van der Waals surface area contributed by atoms with Crippen LogP contribution in [0.1, 0.15) is 19.0 Å². The molecule has 2 heterocycles. The van der Waals surface area contributed by atoms with Gasteiger partial charge in [0.25, 0.3) is 0 Å². The number of nitrogens with zero attached hydrogens (tertiary/aromatic N) is 3. The second kappa shape index (κ2) is 5.93. The molecule has 2 N–H and O–H groups in total. The van der Waals surface area contributed by atoms with Crippen LogP contribution in [-0.2, 0) is 11.2 Å². The first-order valence-corrected chi connectivity index (χ1v) is 6.22. The number of rotatable bonds is 4. The normalized spacial score (nSPS) is 20.6. The van der Waals surface area contributed by atoms with E-state index in [1.807, 2.05) is 6.07 Å². The highest BCUT2D eigenvalue weighted by atomic mass is 16.5. The van der Waals surface area contributed by atoms with Crippen LogP contribution in [0.2, 0.25) is 0 Å². The molecule has 1 atom stereocenters. The molecule has 0 saturated carbocycles. The lowest BCUT2D eigenvalue weighted by molar-refractivity contribution is 0.0957. The number of hydrogen-bond donors (Lipinski definition) is 1. The van der Waals surface area contributed by atoms with E-state index < -0.39 is 0 Å². The van der Waals surface area contributed by atoms with Gasteiger partial charge in [0.15, 0.2) is 5.82 Å². The standard InChI is InChI=1S/C12H20N4O/c1-2-3-10-4-5-12(15-14-10)16-6-7-17-9-11(16)8-13/h4-5,11H,2-3,6-9,13H2,1H3. The van der Waals surface area contributed by atoms with Crippen LogP contribution in [0.3, 0.4) is 0 Å². The monoisotopic (exact) mass is 236 g/mol. The number of nitrogens with two attached hydrogens (primary N) is 1. The van der Waals surface area contributed by atoms with E-state index in [0.717, 1.165) is 37.5 Å². The minimum Gasteiger partial charge on any atom is -0.377 e. The molecule has 0 radical (unpaired) electrons. The summed E-state index contributed by atoms with van der Waals surface area (Å²) in [5, 5.41) is 8.52. The van der Waals surface area contributed by atoms with Crippen LogP contribution in [0.25, 0.3) is 0 Å². The second-order valence-corrected chi connectivity index (χ2v) is 4.29. The molecule has 0 bridgehead atoms. The summed E-state index contributed by atoms with van der Waals surface area (Å²) in [7, 11) is 0. The van der Waals surface area contributed by atoms with Crippen molar-refractivity contribution in [3.8, 4) is 0 Å². The lowest BCUT2D eigenvalue weighted by Gasteiger charge is -2.35. The van der Waals surface area contributed by atoms with Crippen LogP contribution in [0, 0.1) is 0 Å². The van der Waals surface area contributed by atoms with E-state index in [0.29, 0.717) is 13.2 Å². The fourth-order valence-corrected chi connectivity index (χ4v) is 2.05. The third-order valence-electron chi connectivity index (χ3n) is 3.01. The lowest BCUT2D eigenvalue weighted by atomic mass is 10.2. The molecule has 1 aliphatic rings. The van der Waals surface area contributed by atoms with Crippen molar-refractivity contribution in [2.24, 2.45) is 5.73 Å². The molecule has 5 nitrogen and oxygen atoms in total. The zero-order valence-electron chi connectivity index (χ0n) is 10.3. The van der Waals surface area contributed by atoms with E-state index in [9.17, 15) is 0 Å². The molecule has 1 fully saturated rings. The fourth-order valence-electron chi connectivity index (χ4n) is 2.05. The first-order chi connectivity index (χ1) is 8.35. The van der Waals surface area contributed by atoms with Crippen molar-refractivity contribution in [2.45, 2.75) is 25.8 Å². The summed E-state index contributed by atoms with van der Waals surface area (Å²) in [5.41, 5.74) is 6.79. The van der Waals surface area contributed by atoms with Crippen molar-refractivity contribution in [3.05, 3.63) is 17.8 Å². The van der Waals surface area contributed by atoms with Crippen LogP contribution in [-0.4, -0.2) is 42.5 Å². The van der Waals surface area contributed by atoms with Gasteiger partial charge >= 0.3 is 0 Å². The highest BCUT2D eigenvalue weighted by molar-refractivity contribution is 5.39. The third kappa shape index (κ3) is 2.92. The van der Waals surface area contributed by atoms with E-state index in [4.69, 9.17) is 10.5 Å². The molecule has 1 unspecified atom stereocenters. The molecule has 94 valence electrons. The van der Waals surface area contributed by atoms with Gasteiger partial charge in [-0.05, 0) is 18.6 Å². The first kappa shape index (κ1) is 12.3. The number of anilines is 1. The Morgan fingerprint density at radius 1 is 1.47 bits per heavy atom. The van der Waals surface area contributed by atoms with Crippen LogP contribution >= 0.6 is 0 Å². The molecular weight excluding hydrogens is 216 g/mol. The van der Waals surface area contributed by atoms with E-state index in [2.05, 4.69) is 28.1 Å². The largest absolute Gasteiger partial charge is 0.377 e. The highest BCUT2D eigenvalue weighted by Crippen LogP contribution is 2.16. The van der Waals surface area contributed by atoms with E-state index in [-0.39, 0.29) is 6.04 Å². The van der Waals surface area contributed by atoms with E-state index in [1.165, 1.54) is 0 Å². The summed E-state index contributed by atoms with van der Waals surface area (Å²) >= 11 is 0. The van der Waals surface area contributed by atoms with Gasteiger partial charge in [-0.1, -0.05) is 13.3 Å². The summed E-state index contributed by atoms with van der Waals surface area (Å²) < 4.78 is 5.42. The number of morpholine rings is 1. The van der Waals surface area contributed by atoms with Crippen molar-refractivity contribution in [3.63, 3.8) is 0 Å². The van der Waals surface area contributed by atoms with Gasteiger partial charge in [0.05, 0.1) is 24.9 Å². The van der Waals surface area contributed by atoms with Gasteiger partial charge in [-0.2, -0.15) is 5.10 Å². The summed E-state index contributed by atoms with van der Waals surface area (Å²) in [6, 6.07) is 4.30. The van der Waals surface area contributed by atoms with Crippen molar-refractivity contribution in [2.75, 3.05) is 31.2 Å². The zero-order chi connectivity index (χ0) is 12.1. The molecule has 1 aliphatic heterocycles. The van der Waals surface area contributed by atoms with Gasteiger partial charge in [0.1, 0.15) is 0 Å². The molecule has 0 amide bonds. The molecule has 1 aromatic rings. The molecule has 0 spiro atoms. The van der Waals surface area contributed by atoms with Crippen molar-refractivity contribution in [1.82, 2.24) is 10.2 Å². The maximum atomic E-state index is 5.74. The Balaban J connectivity index is 2.09. The van der Waals surface area contributed by atoms with Crippen molar-refractivity contribution in [1.29, 1.82) is 0 Å². The topological polar surface area (TPSA) is 64.3 Å². The summed E-state index contributed by atoms with van der Waals surface area (Å²) in [5.74, 6) is 0.906. The van der Waals surface area contributed by atoms with E-state index >= 15 is 0 Å². The average Bonchev–Trinajstić information content (AvgIpc) is 2.40. The Bertz CT molecular complexity index is 341. The first-order valence-electron chi connectivity index (χ1n) is 6.22.